The van der Waals surface area contributed by atoms with Gasteiger partial charge in [-0.2, -0.15) is 0 Å². The summed E-state index contributed by atoms with van der Waals surface area (Å²) in [5.41, 5.74) is 5.82. The lowest BCUT2D eigenvalue weighted by molar-refractivity contribution is -0.120. The normalized spacial score (nSPS) is 13.7. The number of benzene rings is 3. The van der Waals surface area contributed by atoms with E-state index < -0.39 is 0 Å². The Bertz CT molecular complexity index is 1210. The fraction of sp³-hybridized carbons (Fsp3) is 0.185. The SMILES string of the molecule is CCOc1ccc(C2=C(Nc3cccc(C)c3C)C(=O)N(c3ccc(C)cc3)C2=O)cc1. The van der Waals surface area contributed by atoms with Crippen LogP contribution in [0.4, 0.5) is 11.4 Å². The number of amides is 2. The molecule has 0 aromatic heterocycles. The number of carbonyl (C=O) groups excluding carboxylic acids is 2. The van der Waals surface area contributed by atoms with Crippen molar-refractivity contribution in [2.75, 3.05) is 16.8 Å². The topological polar surface area (TPSA) is 58.6 Å². The average Bonchev–Trinajstić information content (AvgIpc) is 3.02. The Balaban J connectivity index is 1.81. The molecule has 1 aliphatic heterocycles. The van der Waals surface area contributed by atoms with E-state index in [4.69, 9.17) is 4.74 Å². The van der Waals surface area contributed by atoms with E-state index in [9.17, 15) is 9.59 Å². The van der Waals surface area contributed by atoms with Gasteiger partial charge in [-0.25, -0.2) is 4.90 Å². The Morgan fingerprint density at radius 2 is 1.53 bits per heavy atom. The largest absolute Gasteiger partial charge is 0.494 e. The van der Waals surface area contributed by atoms with E-state index >= 15 is 0 Å². The number of anilines is 2. The van der Waals surface area contributed by atoms with Crippen molar-refractivity contribution in [3.05, 3.63) is 94.7 Å². The van der Waals surface area contributed by atoms with Gasteiger partial charge in [0, 0.05) is 5.69 Å². The first kappa shape index (κ1) is 21.4. The van der Waals surface area contributed by atoms with Crippen molar-refractivity contribution in [1.82, 2.24) is 0 Å². The fourth-order valence-corrected chi connectivity index (χ4v) is 3.75. The Hall–Kier alpha value is -3.86. The van der Waals surface area contributed by atoms with Gasteiger partial charge in [0.2, 0.25) is 0 Å². The summed E-state index contributed by atoms with van der Waals surface area (Å²) < 4.78 is 5.53. The molecule has 2 amide bonds. The Kier molecular flexibility index (Phi) is 5.82. The molecule has 3 aromatic carbocycles. The van der Waals surface area contributed by atoms with E-state index in [0.717, 1.165) is 22.4 Å². The summed E-state index contributed by atoms with van der Waals surface area (Å²) in [6.07, 6.45) is 0. The van der Waals surface area contributed by atoms with Gasteiger partial charge in [-0.05, 0) is 74.7 Å². The molecule has 0 atom stereocenters. The molecule has 162 valence electrons. The summed E-state index contributed by atoms with van der Waals surface area (Å²) in [6, 6.07) is 20.5. The fourth-order valence-electron chi connectivity index (χ4n) is 3.75. The van der Waals surface area contributed by atoms with Crippen LogP contribution in [0, 0.1) is 20.8 Å². The Morgan fingerprint density at radius 1 is 0.844 bits per heavy atom. The van der Waals surface area contributed by atoms with Crippen LogP contribution in [0.3, 0.4) is 0 Å². The molecule has 0 aliphatic carbocycles. The number of nitrogens with one attached hydrogen (secondary N) is 1. The number of rotatable bonds is 6. The van der Waals surface area contributed by atoms with Gasteiger partial charge in [0.25, 0.3) is 11.8 Å². The highest BCUT2D eigenvalue weighted by atomic mass is 16.5. The zero-order valence-electron chi connectivity index (χ0n) is 18.7. The van der Waals surface area contributed by atoms with E-state index in [-0.39, 0.29) is 17.5 Å². The Labute approximate surface area is 188 Å². The molecular formula is C27H26N2O3. The van der Waals surface area contributed by atoms with Gasteiger partial charge in [-0.15, -0.1) is 0 Å². The summed E-state index contributed by atoms with van der Waals surface area (Å²) in [5, 5.41) is 3.27. The Morgan fingerprint density at radius 3 is 2.19 bits per heavy atom. The van der Waals surface area contributed by atoms with Crippen LogP contribution in [0.5, 0.6) is 5.75 Å². The monoisotopic (exact) mass is 426 g/mol. The summed E-state index contributed by atoms with van der Waals surface area (Å²) >= 11 is 0. The molecule has 1 aliphatic rings. The van der Waals surface area contributed by atoms with Crippen LogP contribution in [-0.2, 0) is 9.59 Å². The first-order valence-corrected chi connectivity index (χ1v) is 10.7. The van der Waals surface area contributed by atoms with Gasteiger partial charge < -0.3 is 10.1 Å². The second-order valence-corrected chi connectivity index (χ2v) is 7.86. The molecule has 5 heteroatoms. The number of aryl methyl sites for hydroxylation is 2. The zero-order valence-corrected chi connectivity index (χ0v) is 18.7. The van der Waals surface area contributed by atoms with Gasteiger partial charge in [-0.1, -0.05) is 42.0 Å². The lowest BCUT2D eigenvalue weighted by Crippen LogP contribution is -2.32. The van der Waals surface area contributed by atoms with Crippen LogP contribution in [0.15, 0.2) is 72.4 Å². The maximum atomic E-state index is 13.5. The van der Waals surface area contributed by atoms with Crippen molar-refractivity contribution in [3.63, 3.8) is 0 Å². The summed E-state index contributed by atoms with van der Waals surface area (Å²) in [6.45, 7) is 8.45. The van der Waals surface area contributed by atoms with Crippen LogP contribution >= 0.6 is 0 Å². The standard InChI is InChI=1S/C27H26N2O3/c1-5-32-22-15-11-20(12-16-22)24-25(28-23-8-6-7-18(3)19(23)4)27(31)29(26(24)30)21-13-9-17(2)10-14-21/h6-16,28H,5H2,1-4H3. The van der Waals surface area contributed by atoms with Crippen molar-refractivity contribution in [1.29, 1.82) is 0 Å². The lowest BCUT2D eigenvalue weighted by Gasteiger charge is -2.16. The third-order valence-corrected chi connectivity index (χ3v) is 5.69. The molecule has 1 heterocycles. The minimum Gasteiger partial charge on any atom is -0.494 e. The third kappa shape index (κ3) is 3.89. The van der Waals surface area contributed by atoms with Gasteiger partial charge in [0.15, 0.2) is 0 Å². The lowest BCUT2D eigenvalue weighted by atomic mass is 10.0. The third-order valence-electron chi connectivity index (χ3n) is 5.69. The van der Waals surface area contributed by atoms with Gasteiger partial charge in [0.1, 0.15) is 11.4 Å². The number of hydrogen-bond donors (Lipinski definition) is 1. The first-order chi connectivity index (χ1) is 15.4. The summed E-state index contributed by atoms with van der Waals surface area (Å²) in [4.78, 5) is 28.3. The van der Waals surface area contributed by atoms with E-state index in [1.54, 1.807) is 12.1 Å². The van der Waals surface area contributed by atoms with Gasteiger partial charge in [0.05, 0.1) is 17.9 Å². The maximum Gasteiger partial charge on any atom is 0.282 e. The number of carbonyl (C=O) groups is 2. The highest BCUT2D eigenvalue weighted by molar-refractivity contribution is 6.46. The first-order valence-electron chi connectivity index (χ1n) is 10.7. The minimum absolute atomic E-state index is 0.272. The summed E-state index contributed by atoms with van der Waals surface area (Å²) in [7, 11) is 0. The van der Waals surface area contributed by atoms with E-state index in [2.05, 4.69) is 5.32 Å². The van der Waals surface area contributed by atoms with Crippen LogP contribution in [0.25, 0.3) is 5.57 Å². The average molecular weight is 427 g/mol. The molecule has 0 spiro atoms. The smallest absolute Gasteiger partial charge is 0.282 e. The molecule has 32 heavy (non-hydrogen) atoms. The van der Waals surface area contributed by atoms with Crippen molar-refractivity contribution in [3.8, 4) is 5.75 Å². The number of imide groups is 1. The molecule has 0 saturated heterocycles. The molecule has 0 unspecified atom stereocenters. The molecule has 1 N–H and O–H groups in total. The molecule has 3 aromatic rings. The van der Waals surface area contributed by atoms with Crippen molar-refractivity contribution in [2.24, 2.45) is 0 Å². The second kappa shape index (κ2) is 8.71. The maximum absolute atomic E-state index is 13.5. The molecule has 4 rings (SSSR count). The predicted molar refractivity (Wildman–Crippen MR) is 128 cm³/mol. The second-order valence-electron chi connectivity index (χ2n) is 7.86. The van der Waals surface area contributed by atoms with Crippen molar-refractivity contribution in [2.45, 2.75) is 27.7 Å². The zero-order chi connectivity index (χ0) is 22.8. The number of nitrogens with zero attached hydrogens (tertiary/aromatic N) is 1. The highest BCUT2D eigenvalue weighted by Gasteiger charge is 2.40. The molecule has 0 fully saturated rings. The van der Waals surface area contributed by atoms with Crippen LogP contribution in [0.1, 0.15) is 29.2 Å². The molecule has 0 bridgehead atoms. The minimum atomic E-state index is -0.372. The van der Waals surface area contributed by atoms with E-state index in [0.29, 0.717) is 29.2 Å². The highest BCUT2D eigenvalue weighted by Crippen LogP contribution is 2.35. The molecule has 0 saturated carbocycles. The predicted octanol–water partition coefficient (Wildman–Crippen LogP) is 5.41. The summed E-state index contributed by atoms with van der Waals surface area (Å²) in [5.74, 6) is -0.00693. The van der Waals surface area contributed by atoms with Crippen LogP contribution in [0.2, 0.25) is 0 Å². The van der Waals surface area contributed by atoms with Crippen molar-refractivity contribution < 1.29 is 14.3 Å². The van der Waals surface area contributed by atoms with Gasteiger partial charge >= 0.3 is 0 Å². The number of ether oxygens (including phenoxy) is 1. The number of hydrogen-bond acceptors (Lipinski definition) is 4. The van der Waals surface area contributed by atoms with Gasteiger partial charge in [-0.3, -0.25) is 9.59 Å². The van der Waals surface area contributed by atoms with E-state index in [1.165, 1.54) is 4.90 Å². The van der Waals surface area contributed by atoms with E-state index in [1.807, 2.05) is 82.3 Å². The van der Waals surface area contributed by atoms with Crippen LogP contribution in [-0.4, -0.2) is 18.4 Å². The molecule has 5 nitrogen and oxygen atoms in total. The molecular weight excluding hydrogens is 400 g/mol. The van der Waals surface area contributed by atoms with Crippen molar-refractivity contribution >= 4 is 28.8 Å². The van der Waals surface area contributed by atoms with Crippen LogP contribution < -0.4 is 15.0 Å². The molecule has 0 radical (unpaired) electrons. The quantitative estimate of drug-likeness (QED) is 0.536.